The summed E-state index contributed by atoms with van der Waals surface area (Å²) >= 11 is 0. The van der Waals surface area contributed by atoms with Crippen LogP contribution in [0.4, 0.5) is 0 Å². The van der Waals surface area contributed by atoms with Gasteiger partial charge >= 0.3 is 5.97 Å². The number of rotatable bonds is 8. The van der Waals surface area contributed by atoms with E-state index in [1.807, 2.05) is 0 Å². The van der Waals surface area contributed by atoms with Gasteiger partial charge in [-0.3, -0.25) is 0 Å². The number of epoxide rings is 1. The third-order valence-corrected chi connectivity index (χ3v) is 3.43. The molecule has 2 atom stereocenters. The fourth-order valence-electron chi connectivity index (χ4n) is 2.16. The molecule has 0 N–H and O–H groups in total. The van der Waals surface area contributed by atoms with Gasteiger partial charge in [0.2, 0.25) is 0 Å². The second-order valence-electron chi connectivity index (χ2n) is 5.04. The Bertz CT molecular complexity index is 427. The van der Waals surface area contributed by atoms with Crippen LogP contribution >= 0.6 is 0 Å². The highest BCUT2D eigenvalue weighted by atomic mass is 16.6. The predicted octanol–water partition coefficient (Wildman–Crippen LogP) is 3.34. The van der Waals surface area contributed by atoms with Crippen LogP contribution in [0.25, 0.3) is 0 Å². The number of hydrogen-bond acceptors (Lipinski definition) is 4. The van der Waals surface area contributed by atoms with Crippen molar-refractivity contribution in [2.45, 2.75) is 51.2 Å². The van der Waals surface area contributed by atoms with Gasteiger partial charge in [-0.25, -0.2) is 4.79 Å². The van der Waals surface area contributed by atoms with Crippen molar-refractivity contribution in [2.24, 2.45) is 0 Å². The molecule has 20 heavy (non-hydrogen) atoms. The number of methoxy groups -OCH3 is 1. The molecule has 1 saturated heterocycles. The number of unbranched alkanes of at least 4 members (excludes halogenated alkanes) is 3. The highest BCUT2D eigenvalue weighted by Gasteiger charge is 2.45. The third kappa shape index (κ3) is 4.23. The summed E-state index contributed by atoms with van der Waals surface area (Å²) in [5, 5.41) is 0. The molecule has 2 rings (SSSR count). The number of ether oxygens (including phenoxy) is 3. The first-order valence-corrected chi connectivity index (χ1v) is 7.25. The molecule has 0 unspecified atom stereocenters. The molecule has 110 valence electrons. The van der Waals surface area contributed by atoms with Gasteiger partial charge in [-0.1, -0.05) is 32.6 Å². The van der Waals surface area contributed by atoms with E-state index in [-0.39, 0.29) is 18.2 Å². The first-order valence-electron chi connectivity index (χ1n) is 7.25. The van der Waals surface area contributed by atoms with Gasteiger partial charge in [0, 0.05) is 0 Å². The molecule has 1 aromatic carbocycles. The number of carbonyl (C=O) groups is 1. The zero-order chi connectivity index (χ0) is 14.4. The Morgan fingerprint density at radius 1 is 1.15 bits per heavy atom. The number of hydrogen-bond donors (Lipinski definition) is 0. The topological polar surface area (TPSA) is 48.1 Å². The minimum Gasteiger partial charge on any atom is -0.497 e. The summed E-state index contributed by atoms with van der Waals surface area (Å²) in [6, 6.07) is 6.96. The summed E-state index contributed by atoms with van der Waals surface area (Å²) in [5.41, 5.74) is 0. The smallest absolute Gasteiger partial charge is 0.343 e. The Kier molecular flexibility index (Phi) is 5.41. The van der Waals surface area contributed by atoms with Crippen LogP contribution in [-0.4, -0.2) is 25.3 Å². The van der Waals surface area contributed by atoms with Crippen LogP contribution in [0.2, 0.25) is 0 Å². The molecule has 0 saturated carbocycles. The largest absolute Gasteiger partial charge is 0.497 e. The van der Waals surface area contributed by atoms with Crippen molar-refractivity contribution in [3.05, 3.63) is 24.3 Å². The monoisotopic (exact) mass is 278 g/mol. The van der Waals surface area contributed by atoms with E-state index < -0.39 is 0 Å². The quantitative estimate of drug-likeness (QED) is 0.317. The van der Waals surface area contributed by atoms with Crippen molar-refractivity contribution in [3.63, 3.8) is 0 Å². The molecule has 1 aliphatic rings. The zero-order valence-corrected chi connectivity index (χ0v) is 12.1. The summed E-state index contributed by atoms with van der Waals surface area (Å²) in [4.78, 5) is 11.9. The Morgan fingerprint density at radius 2 is 1.85 bits per heavy atom. The maximum absolute atomic E-state index is 11.9. The minimum absolute atomic E-state index is 0.0533. The van der Waals surface area contributed by atoms with Crippen LogP contribution in [0, 0.1) is 0 Å². The summed E-state index contributed by atoms with van der Waals surface area (Å²) in [7, 11) is 1.60. The van der Waals surface area contributed by atoms with Crippen LogP contribution in [0.15, 0.2) is 24.3 Å². The van der Waals surface area contributed by atoms with Crippen LogP contribution < -0.4 is 9.47 Å². The zero-order valence-electron chi connectivity index (χ0n) is 12.1. The minimum atomic E-state index is -0.376. The lowest BCUT2D eigenvalue weighted by Gasteiger charge is -2.03. The molecule has 1 aliphatic heterocycles. The summed E-state index contributed by atoms with van der Waals surface area (Å²) in [5.74, 6) is 0.966. The van der Waals surface area contributed by atoms with Gasteiger partial charge in [-0.2, -0.15) is 0 Å². The second kappa shape index (κ2) is 7.29. The lowest BCUT2D eigenvalue weighted by atomic mass is 10.1. The number of benzene rings is 1. The van der Waals surface area contributed by atoms with E-state index in [1.54, 1.807) is 31.4 Å². The highest BCUT2D eigenvalue weighted by Crippen LogP contribution is 2.29. The number of carbonyl (C=O) groups excluding carboxylic acids is 1. The molecule has 4 nitrogen and oxygen atoms in total. The molecule has 1 heterocycles. The molecular formula is C16H22O4. The summed E-state index contributed by atoms with van der Waals surface area (Å²) in [6.07, 6.45) is 5.41. The molecule has 0 amide bonds. The molecular weight excluding hydrogens is 256 g/mol. The molecule has 0 aromatic heterocycles. The molecule has 4 heteroatoms. The van der Waals surface area contributed by atoms with E-state index >= 15 is 0 Å². The van der Waals surface area contributed by atoms with Crippen molar-refractivity contribution in [1.29, 1.82) is 0 Å². The fourth-order valence-corrected chi connectivity index (χ4v) is 2.16. The van der Waals surface area contributed by atoms with Crippen LogP contribution in [-0.2, 0) is 9.53 Å². The Labute approximate surface area is 120 Å². The van der Waals surface area contributed by atoms with Crippen LogP contribution in [0.3, 0.4) is 0 Å². The standard InChI is InChI=1S/C16H22O4/c1-3-4-5-6-7-14-15(20-14)16(17)19-13-10-8-12(18-2)9-11-13/h8-11,14-15H,3-7H2,1-2H3/t14-,15+/m1/s1. The molecule has 0 radical (unpaired) electrons. The van der Waals surface area contributed by atoms with E-state index in [0.29, 0.717) is 5.75 Å². The molecule has 0 bridgehead atoms. The predicted molar refractivity (Wildman–Crippen MR) is 76.0 cm³/mol. The molecule has 0 spiro atoms. The van der Waals surface area contributed by atoms with Crippen LogP contribution in [0.1, 0.15) is 39.0 Å². The first kappa shape index (κ1) is 14.9. The lowest BCUT2D eigenvalue weighted by molar-refractivity contribution is -0.135. The average Bonchev–Trinajstić information content (AvgIpc) is 3.24. The van der Waals surface area contributed by atoms with Crippen molar-refractivity contribution < 1.29 is 19.0 Å². The van der Waals surface area contributed by atoms with Gasteiger partial charge in [-0.05, 0) is 30.7 Å². The van der Waals surface area contributed by atoms with Crippen molar-refractivity contribution in [1.82, 2.24) is 0 Å². The van der Waals surface area contributed by atoms with Crippen molar-refractivity contribution in [2.75, 3.05) is 7.11 Å². The maximum atomic E-state index is 11.9. The van der Waals surface area contributed by atoms with E-state index in [4.69, 9.17) is 14.2 Å². The molecule has 1 fully saturated rings. The van der Waals surface area contributed by atoms with E-state index in [9.17, 15) is 4.79 Å². The van der Waals surface area contributed by atoms with Gasteiger partial charge in [-0.15, -0.1) is 0 Å². The Balaban J connectivity index is 1.70. The molecule has 0 aliphatic carbocycles. The van der Waals surface area contributed by atoms with Gasteiger partial charge in [0.15, 0.2) is 6.10 Å². The molecule has 1 aromatic rings. The van der Waals surface area contributed by atoms with Crippen LogP contribution in [0.5, 0.6) is 11.5 Å². The Hall–Kier alpha value is -1.55. The normalized spacial score (nSPS) is 20.5. The fraction of sp³-hybridized carbons (Fsp3) is 0.562. The summed E-state index contributed by atoms with van der Waals surface area (Å²) < 4.78 is 15.7. The average molecular weight is 278 g/mol. The summed E-state index contributed by atoms with van der Waals surface area (Å²) in [6.45, 7) is 2.18. The Morgan fingerprint density at radius 3 is 2.50 bits per heavy atom. The lowest BCUT2D eigenvalue weighted by Crippen LogP contribution is -2.17. The van der Waals surface area contributed by atoms with Gasteiger partial charge in [0.1, 0.15) is 11.5 Å². The van der Waals surface area contributed by atoms with Gasteiger partial charge < -0.3 is 14.2 Å². The van der Waals surface area contributed by atoms with Gasteiger partial charge in [0.25, 0.3) is 0 Å². The maximum Gasteiger partial charge on any atom is 0.343 e. The van der Waals surface area contributed by atoms with E-state index in [0.717, 1.165) is 18.6 Å². The van der Waals surface area contributed by atoms with E-state index in [1.165, 1.54) is 19.3 Å². The third-order valence-electron chi connectivity index (χ3n) is 3.43. The van der Waals surface area contributed by atoms with E-state index in [2.05, 4.69) is 6.92 Å². The number of esters is 1. The second-order valence-corrected chi connectivity index (χ2v) is 5.04. The SMILES string of the molecule is CCCCCC[C@H]1O[C@@H]1C(=O)Oc1ccc(OC)cc1. The van der Waals surface area contributed by atoms with Crippen molar-refractivity contribution >= 4 is 5.97 Å². The highest BCUT2D eigenvalue weighted by molar-refractivity contribution is 5.80. The first-order chi connectivity index (χ1) is 9.74. The van der Waals surface area contributed by atoms with Crippen molar-refractivity contribution in [3.8, 4) is 11.5 Å². The van der Waals surface area contributed by atoms with Gasteiger partial charge in [0.05, 0.1) is 13.2 Å².